The molecule has 4 rings (SSSR count). The second-order valence-corrected chi connectivity index (χ2v) is 9.80. The van der Waals surface area contributed by atoms with E-state index in [1.807, 2.05) is 6.07 Å². The van der Waals surface area contributed by atoms with E-state index in [4.69, 9.17) is 15.5 Å². The van der Waals surface area contributed by atoms with Gasteiger partial charge in [-0.2, -0.15) is 8.42 Å². The zero-order valence-corrected chi connectivity index (χ0v) is 19.9. The van der Waals surface area contributed by atoms with Gasteiger partial charge in [-0.1, -0.05) is 6.07 Å². The summed E-state index contributed by atoms with van der Waals surface area (Å²) in [6, 6.07) is 11.3. The van der Waals surface area contributed by atoms with Gasteiger partial charge in [0.25, 0.3) is 15.9 Å². The van der Waals surface area contributed by atoms with Gasteiger partial charge in [-0.05, 0) is 57.0 Å². The Morgan fingerprint density at radius 2 is 1.82 bits per heavy atom. The number of nitrogens with two attached hydrogens (primary N) is 1. The summed E-state index contributed by atoms with van der Waals surface area (Å²) in [4.78, 5) is 28.1. The number of pyridine rings is 3. The average Bonchev–Trinajstić information content (AvgIpc) is 3.16. The van der Waals surface area contributed by atoms with Crippen LogP contribution in [0.1, 0.15) is 37.0 Å². The van der Waals surface area contributed by atoms with Crippen molar-refractivity contribution in [3.05, 3.63) is 54.2 Å². The molecular weight excluding hydrogens is 456 g/mol. The molecule has 10 nitrogen and oxygen atoms in total. The summed E-state index contributed by atoms with van der Waals surface area (Å²) in [6.45, 7) is 4.11. The Bertz CT molecular complexity index is 1300. The van der Waals surface area contributed by atoms with E-state index >= 15 is 0 Å². The molecule has 0 bridgehead atoms. The number of nitrogen functional groups attached to an aromatic ring is 1. The lowest BCUT2D eigenvalue weighted by Gasteiger charge is -2.29. The van der Waals surface area contributed by atoms with E-state index in [9.17, 15) is 13.2 Å². The second kappa shape index (κ2) is 9.26. The topological polar surface area (TPSA) is 140 Å². The molecule has 0 saturated carbocycles. The van der Waals surface area contributed by atoms with Gasteiger partial charge in [0.1, 0.15) is 11.6 Å². The Morgan fingerprint density at radius 1 is 1.09 bits per heavy atom. The average molecular weight is 483 g/mol. The molecule has 1 amide bonds. The van der Waals surface area contributed by atoms with Gasteiger partial charge in [0, 0.05) is 29.9 Å². The standard InChI is InChI=1S/C23H26N6O4S/c1-14-7-8-15(2)29(14)22-17(10-11-18(26-22)16-9-12-20(33-3)25-13-16)23(30)28-34(31,32)21-6-4-5-19(24)27-21/h4-6,9-15H,7-8H2,1-3H3,(H2,24,27)(H,28,30)/t14-,15+. The van der Waals surface area contributed by atoms with Crippen molar-refractivity contribution >= 4 is 27.6 Å². The molecule has 0 radical (unpaired) electrons. The van der Waals surface area contributed by atoms with Crippen LogP contribution in [0.3, 0.4) is 0 Å². The first-order valence-electron chi connectivity index (χ1n) is 10.8. The lowest BCUT2D eigenvalue weighted by atomic mass is 10.1. The number of rotatable bonds is 6. The summed E-state index contributed by atoms with van der Waals surface area (Å²) in [6.07, 6.45) is 3.50. The van der Waals surface area contributed by atoms with Crippen LogP contribution in [0.5, 0.6) is 5.88 Å². The van der Waals surface area contributed by atoms with Crippen LogP contribution >= 0.6 is 0 Å². The van der Waals surface area contributed by atoms with Gasteiger partial charge in [0.15, 0.2) is 5.03 Å². The van der Waals surface area contributed by atoms with Gasteiger partial charge < -0.3 is 15.4 Å². The van der Waals surface area contributed by atoms with Gasteiger partial charge in [0.2, 0.25) is 5.88 Å². The van der Waals surface area contributed by atoms with Crippen molar-refractivity contribution in [1.82, 2.24) is 19.7 Å². The van der Waals surface area contributed by atoms with E-state index in [0.717, 1.165) is 18.4 Å². The highest BCUT2D eigenvalue weighted by Crippen LogP contribution is 2.33. The van der Waals surface area contributed by atoms with Crippen LogP contribution in [0.2, 0.25) is 0 Å². The first-order valence-corrected chi connectivity index (χ1v) is 12.3. The maximum Gasteiger partial charge on any atom is 0.281 e. The highest BCUT2D eigenvalue weighted by Gasteiger charge is 2.33. The van der Waals surface area contributed by atoms with Crippen LogP contribution in [-0.2, 0) is 10.0 Å². The van der Waals surface area contributed by atoms with Crippen LogP contribution in [0.15, 0.2) is 53.7 Å². The van der Waals surface area contributed by atoms with Crippen molar-refractivity contribution in [3.8, 4) is 17.1 Å². The largest absolute Gasteiger partial charge is 0.481 e. The molecule has 3 aromatic rings. The number of anilines is 2. The first kappa shape index (κ1) is 23.4. The number of aromatic nitrogens is 3. The predicted molar refractivity (Wildman–Crippen MR) is 128 cm³/mol. The fourth-order valence-electron chi connectivity index (χ4n) is 4.06. The SMILES string of the molecule is COc1ccc(-c2ccc(C(=O)NS(=O)(=O)c3cccc(N)n3)c(N3[C@H](C)CC[C@@H]3C)n2)cn1. The molecule has 11 heteroatoms. The molecule has 2 atom stereocenters. The number of ether oxygens (including phenoxy) is 1. The minimum atomic E-state index is -4.23. The van der Waals surface area contributed by atoms with Crippen molar-refractivity contribution in [3.63, 3.8) is 0 Å². The maximum absolute atomic E-state index is 13.2. The molecule has 3 N–H and O–H groups in total. The van der Waals surface area contributed by atoms with Crippen LogP contribution in [-0.4, -0.2) is 48.5 Å². The van der Waals surface area contributed by atoms with Crippen LogP contribution < -0.4 is 20.1 Å². The number of nitrogens with one attached hydrogen (secondary N) is 1. The first-order chi connectivity index (χ1) is 16.2. The Balaban J connectivity index is 1.74. The van der Waals surface area contributed by atoms with Crippen LogP contribution in [0.4, 0.5) is 11.6 Å². The summed E-state index contributed by atoms with van der Waals surface area (Å²) in [5.41, 5.74) is 7.10. The fraction of sp³-hybridized carbons (Fsp3) is 0.304. The molecule has 178 valence electrons. The number of hydrogen-bond acceptors (Lipinski definition) is 9. The molecule has 1 aliphatic rings. The third kappa shape index (κ3) is 4.65. The van der Waals surface area contributed by atoms with Crippen LogP contribution in [0.25, 0.3) is 11.3 Å². The minimum absolute atomic E-state index is 0.0369. The number of nitrogens with zero attached hydrogens (tertiary/aromatic N) is 4. The monoisotopic (exact) mass is 482 g/mol. The van der Waals surface area contributed by atoms with Crippen molar-refractivity contribution in [2.45, 2.75) is 43.8 Å². The van der Waals surface area contributed by atoms with Gasteiger partial charge in [-0.3, -0.25) is 4.79 Å². The second-order valence-electron chi connectivity index (χ2n) is 8.17. The quantitative estimate of drug-likeness (QED) is 0.542. The number of amides is 1. The predicted octanol–water partition coefficient (Wildman–Crippen LogP) is 2.63. The van der Waals surface area contributed by atoms with Crippen molar-refractivity contribution < 1.29 is 17.9 Å². The number of hydrogen-bond donors (Lipinski definition) is 2. The number of carbonyl (C=O) groups is 1. The zero-order chi connectivity index (χ0) is 24.5. The van der Waals surface area contributed by atoms with Crippen molar-refractivity contribution in [2.24, 2.45) is 0 Å². The fourth-order valence-corrected chi connectivity index (χ4v) is 5.00. The lowest BCUT2D eigenvalue weighted by Crippen LogP contribution is -2.37. The lowest BCUT2D eigenvalue weighted by molar-refractivity contribution is 0.0981. The molecule has 1 fully saturated rings. The summed E-state index contributed by atoms with van der Waals surface area (Å²) < 4.78 is 32.8. The van der Waals surface area contributed by atoms with E-state index < -0.39 is 15.9 Å². The summed E-state index contributed by atoms with van der Waals surface area (Å²) in [5.74, 6) is 0.133. The van der Waals surface area contributed by atoms with E-state index in [2.05, 4.69) is 33.4 Å². The van der Waals surface area contributed by atoms with E-state index in [-0.39, 0.29) is 28.5 Å². The molecule has 1 aliphatic heterocycles. The molecule has 34 heavy (non-hydrogen) atoms. The number of carbonyl (C=O) groups excluding carboxylic acids is 1. The zero-order valence-electron chi connectivity index (χ0n) is 19.1. The highest BCUT2D eigenvalue weighted by molar-refractivity contribution is 7.90. The molecule has 0 spiro atoms. The molecule has 0 unspecified atom stereocenters. The molecule has 4 heterocycles. The van der Waals surface area contributed by atoms with Crippen molar-refractivity contribution in [2.75, 3.05) is 17.7 Å². The molecule has 0 aromatic carbocycles. The van der Waals surface area contributed by atoms with E-state index in [1.54, 1.807) is 24.4 Å². The maximum atomic E-state index is 13.2. The third-order valence-corrected chi connectivity index (χ3v) is 7.04. The summed E-state index contributed by atoms with van der Waals surface area (Å²) in [5, 5.41) is -0.334. The smallest absolute Gasteiger partial charge is 0.281 e. The Morgan fingerprint density at radius 3 is 2.44 bits per heavy atom. The molecule has 0 aliphatic carbocycles. The Labute approximate surface area is 198 Å². The summed E-state index contributed by atoms with van der Waals surface area (Å²) in [7, 11) is -2.69. The minimum Gasteiger partial charge on any atom is -0.481 e. The van der Waals surface area contributed by atoms with E-state index in [0.29, 0.717) is 17.4 Å². The van der Waals surface area contributed by atoms with Gasteiger partial charge in [0.05, 0.1) is 18.4 Å². The van der Waals surface area contributed by atoms with Gasteiger partial charge in [-0.15, -0.1) is 0 Å². The molecule has 3 aromatic heterocycles. The van der Waals surface area contributed by atoms with E-state index in [1.165, 1.54) is 25.3 Å². The van der Waals surface area contributed by atoms with Gasteiger partial charge >= 0.3 is 0 Å². The number of sulfonamides is 1. The molecule has 1 saturated heterocycles. The Kier molecular flexibility index (Phi) is 6.38. The highest BCUT2D eigenvalue weighted by atomic mass is 32.2. The normalized spacial score (nSPS) is 18.0. The summed E-state index contributed by atoms with van der Waals surface area (Å²) >= 11 is 0. The Hall–Kier alpha value is -3.73. The van der Waals surface area contributed by atoms with Crippen LogP contribution in [0, 0.1) is 0 Å². The molecular formula is C23H26N6O4S. The van der Waals surface area contributed by atoms with Gasteiger partial charge in [-0.25, -0.2) is 19.7 Å². The third-order valence-electron chi connectivity index (χ3n) is 5.80. The van der Waals surface area contributed by atoms with Crippen molar-refractivity contribution in [1.29, 1.82) is 0 Å². The number of methoxy groups -OCH3 is 1.